The molecule has 0 aliphatic carbocycles. The highest BCUT2D eigenvalue weighted by molar-refractivity contribution is 5.68. The van der Waals surface area contributed by atoms with E-state index in [0.29, 0.717) is 0 Å². The van der Waals surface area contributed by atoms with Crippen molar-refractivity contribution in [3.63, 3.8) is 0 Å². The van der Waals surface area contributed by atoms with E-state index in [0.717, 1.165) is 33.9 Å². The van der Waals surface area contributed by atoms with Gasteiger partial charge in [0.05, 0.1) is 12.8 Å². The van der Waals surface area contributed by atoms with Crippen molar-refractivity contribution in [2.75, 3.05) is 12.8 Å². The van der Waals surface area contributed by atoms with E-state index in [1.165, 1.54) is 0 Å². The molecule has 102 valence electrons. The van der Waals surface area contributed by atoms with E-state index in [4.69, 9.17) is 14.9 Å². The first-order chi connectivity index (χ1) is 8.95. The Morgan fingerprint density at radius 3 is 2.47 bits per heavy atom. The van der Waals surface area contributed by atoms with Crippen LogP contribution in [0.15, 0.2) is 16.5 Å². The van der Waals surface area contributed by atoms with Gasteiger partial charge in [-0.15, -0.1) is 0 Å². The molecule has 19 heavy (non-hydrogen) atoms. The van der Waals surface area contributed by atoms with Crippen LogP contribution in [0.5, 0.6) is 5.75 Å². The first kappa shape index (κ1) is 13.5. The van der Waals surface area contributed by atoms with Gasteiger partial charge in [-0.3, -0.25) is 0 Å². The van der Waals surface area contributed by atoms with E-state index < -0.39 is 0 Å². The number of aromatic nitrogens is 1. The minimum atomic E-state index is 0.214. The molecule has 0 fully saturated rings. The van der Waals surface area contributed by atoms with Crippen LogP contribution in [0.1, 0.15) is 36.6 Å². The van der Waals surface area contributed by atoms with Gasteiger partial charge in [0.15, 0.2) is 5.76 Å². The van der Waals surface area contributed by atoms with Gasteiger partial charge >= 0.3 is 0 Å². The summed E-state index contributed by atoms with van der Waals surface area (Å²) in [5.74, 6) is 1.90. The zero-order valence-electron chi connectivity index (χ0n) is 12.1. The molecule has 2 aromatic rings. The summed E-state index contributed by atoms with van der Waals surface area (Å²) in [6.45, 7) is 8.24. The summed E-state index contributed by atoms with van der Waals surface area (Å²) in [5.41, 5.74) is 9.83. The lowest BCUT2D eigenvalue weighted by Gasteiger charge is -2.12. The minimum absolute atomic E-state index is 0.214. The van der Waals surface area contributed by atoms with Crippen LogP contribution >= 0.6 is 0 Å². The summed E-state index contributed by atoms with van der Waals surface area (Å²) in [6, 6.07) is 4.15. The van der Waals surface area contributed by atoms with Crippen LogP contribution in [-0.2, 0) is 0 Å². The van der Waals surface area contributed by atoms with Crippen molar-refractivity contribution in [3.05, 3.63) is 29.0 Å². The highest BCUT2D eigenvalue weighted by Gasteiger charge is 2.19. The maximum atomic E-state index is 5.70. The summed E-state index contributed by atoms with van der Waals surface area (Å²) < 4.78 is 10.9. The molecule has 1 heterocycles. The predicted molar refractivity (Wildman–Crippen MR) is 76.5 cm³/mol. The number of nitrogens with two attached hydrogens (primary N) is 1. The van der Waals surface area contributed by atoms with Crippen molar-refractivity contribution in [3.8, 4) is 17.1 Å². The number of rotatable bonds is 3. The molecule has 2 N–H and O–H groups in total. The normalized spacial score (nSPS) is 11.1. The van der Waals surface area contributed by atoms with E-state index in [-0.39, 0.29) is 11.9 Å². The topological polar surface area (TPSA) is 61.3 Å². The molecular formula is C15H20N2O2. The number of oxazole rings is 1. The molecule has 4 nitrogen and oxygen atoms in total. The summed E-state index contributed by atoms with van der Waals surface area (Å²) in [7, 11) is 1.67. The molecule has 2 rings (SSSR count). The summed E-state index contributed by atoms with van der Waals surface area (Å²) in [4.78, 5) is 4.28. The maximum Gasteiger partial charge on any atom is 0.292 e. The molecule has 0 bridgehead atoms. The van der Waals surface area contributed by atoms with Crippen molar-refractivity contribution in [1.29, 1.82) is 0 Å². The number of ether oxygens (including phenoxy) is 1. The first-order valence-corrected chi connectivity index (χ1v) is 6.36. The van der Waals surface area contributed by atoms with E-state index in [1.54, 1.807) is 7.11 Å². The van der Waals surface area contributed by atoms with Crippen molar-refractivity contribution < 1.29 is 9.15 Å². The minimum Gasteiger partial charge on any atom is -0.496 e. The third-order valence-corrected chi connectivity index (χ3v) is 3.42. The largest absolute Gasteiger partial charge is 0.496 e. The van der Waals surface area contributed by atoms with Crippen LogP contribution in [0.2, 0.25) is 0 Å². The number of nitrogens with zero attached hydrogens (tertiary/aromatic N) is 1. The molecule has 1 aromatic carbocycles. The zero-order valence-corrected chi connectivity index (χ0v) is 12.1. The predicted octanol–water partition coefficient (Wildman–Crippen LogP) is 3.67. The van der Waals surface area contributed by atoms with Gasteiger partial charge in [-0.1, -0.05) is 13.8 Å². The quantitative estimate of drug-likeness (QED) is 0.914. The second kappa shape index (κ2) is 4.96. The molecule has 0 aliphatic rings. The Morgan fingerprint density at radius 2 is 1.89 bits per heavy atom. The molecular weight excluding hydrogens is 240 g/mol. The maximum absolute atomic E-state index is 5.70. The van der Waals surface area contributed by atoms with Gasteiger partial charge in [-0.25, -0.2) is 0 Å². The van der Waals surface area contributed by atoms with Crippen LogP contribution in [0.4, 0.5) is 6.01 Å². The Labute approximate surface area is 113 Å². The Bertz CT molecular complexity index is 600. The van der Waals surface area contributed by atoms with Gasteiger partial charge in [-0.05, 0) is 43.0 Å². The summed E-state index contributed by atoms with van der Waals surface area (Å²) >= 11 is 0. The second-order valence-electron chi connectivity index (χ2n) is 4.99. The molecule has 0 amide bonds. The Morgan fingerprint density at radius 1 is 1.21 bits per heavy atom. The number of nitrogen functional groups attached to an aromatic ring is 1. The number of anilines is 1. The third kappa shape index (κ3) is 2.30. The summed E-state index contributed by atoms with van der Waals surface area (Å²) in [6.07, 6.45) is 0. The molecule has 0 saturated heterocycles. The van der Waals surface area contributed by atoms with Crippen LogP contribution in [0.3, 0.4) is 0 Å². The van der Waals surface area contributed by atoms with E-state index in [9.17, 15) is 0 Å². The van der Waals surface area contributed by atoms with Crippen LogP contribution in [0, 0.1) is 13.8 Å². The van der Waals surface area contributed by atoms with Crippen molar-refractivity contribution in [1.82, 2.24) is 4.98 Å². The van der Waals surface area contributed by atoms with Gasteiger partial charge < -0.3 is 14.9 Å². The van der Waals surface area contributed by atoms with Crippen LogP contribution in [0.25, 0.3) is 11.3 Å². The van der Waals surface area contributed by atoms with Gasteiger partial charge in [-0.2, -0.15) is 4.98 Å². The Kier molecular flexibility index (Phi) is 3.51. The van der Waals surface area contributed by atoms with Crippen LogP contribution < -0.4 is 10.5 Å². The summed E-state index contributed by atoms with van der Waals surface area (Å²) in [5, 5.41) is 0. The first-order valence-electron chi connectivity index (χ1n) is 6.36. The lowest BCUT2D eigenvalue weighted by Crippen LogP contribution is -1.96. The van der Waals surface area contributed by atoms with Crippen molar-refractivity contribution in [2.24, 2.45) is 0 Å². The standard InChI is InChI=1S/C15H20N2O2/c1-8(2)13-14(19-15(16)17-13)11-6-7-12(18-5)10(4)9(11)3/h6-8H,1-5H3,(H2,16,17). The van der Waals surface area contributed by atoms with Crippen molar-refractivity contribution >= 4 is 6.01 Å². The molecule has 0 radical (unpaired) electrons. The van der Waals surface area contributed by atoms with E-state index >= 15 is 0 Å². The molecule has 4 heteroatoms. The van der Waals surface area contributed by atoms with Gasteiger partial charge in [0.25, 0.3) is 6.01 Å². The Balaban J connectivity index is 2.63. The average Bonchev–Trinajstić information content (AvgIpc) is 2.75. The van der Waals surface area contributed by atoms with E-state index in [1.807, 2.05) is 19.1 Å². The molecule has 1 aromatic heterocycles. The van der Waals surface area contributed by atoms with Gasteiger partial charge in [0.1, 0.15) is 5.75 Å². The monoisotopic (exact) mass is 260 g/mol. The highest BCUT2D eigenvalue weighted by Crippen LogP contribution is 2.36. The molecule has 0 aliphatic heterocycles. The third-order valence-electron chi connectivity index (χ3n) is 3.42. The zero-order chi connectivity index (χ0) is 14.2. The second-order valence-corrected chi connectivity index (χ2v) is 4.99. The fraction of sp³-hybridized carbons (Fsp3) is 0.400. The fourth-order valence-electron chi connectivity index (χ4n) is 2.20. The SMILES string of the molecule is COc1ccc(-c2oc(N)nc2C(C)C)c(C)c1C. The molecule has 0 saturated carbocycles. The van der Waals surface area contributed by atoms with Crippen molar-refractivity contribution in [2.45, 2.75) is 33.6 Å². The number of methoxy groups -OCH3 is 1. The average molecular weight is 260 g/mol. The fourth-order valence-corrected chi connectivity index (χ4v) is 2.20. The van der Waals surface area contributed by atoms with E-state index in [2.05, 4.69) is 25.8 Å². The lowest BCUT2D eigenvalue weighted by atomic mass is 9.97. The lowest BCUT2D eigenvalue weighted by molar-refractivity contribution is 0.411. The van der Waals surface area contributed by atoms with Gasteiger partial charge in [0.2, 0.25) is 0 Å². The molecule has 0 spiro atoms. The Hall–Kier alpha value is -1.97. The number of benzene rings is 1. The van der Waals surface area contributed by atoms with Gasteiger partial charge in [0, 0.05) is 5.56 Å². The number of hydrogen-bond acceptors (Lipinski definition) is 4. The molecule has 0 atom stereocenters. The highest BCUT2D eigenvalue weighted by atomic mass is 16.5. The smallest absolute Gasteiger partial charge is 0.292 e. The van der Waals surface area contributed by atoms with Crippen LogP contribution in [-0.4, -0.2) is 12.1 Å². The molecule has 0 unspecified atom stereocenters. The number of hydrogen-bond donors (Lipinski definition) is 1.